The SMILES string of the molecule is C[C@H]1[C@H]2Cc3ccsc3[C@]1(C)CCN2. The van der Waals surface area contributed by atoms with Crippen molar-refractivity contribution in [3.8, 4) is 0 Å². The first-order valence-electron chi connectivity index (χ1n) is 5.52. The van der Waals surface area contributed by atoms with Crippen LogP contribution in [0.2, 0.25) is 0 Å². The maximum Gasteiger partial charge on any atom is 0.0142 e. The topological polar surface area (TPSA) is 12.0 Å². The average Bonchev–Trinajstić information content (AvgIpc) is 2.59. The fraction of sp³-hybridized carbons (Fsp3) is 0.667. The van der Waals surface area contributed by atoms with Gasteiger partial charge >= 0.3 is 0 Å². The second kappa shape index (κ2) is 2.83. The lowest BCUT2D eigenvalue weighted by molar-refractivity contribution is 0.162. The van der Waals surface area contributed by atoms with E-state index in [0.29, 0.717) is 5.41 Å². The molecule has 1 aliphatic carbocycles. The molecule has 1 aromatic rings. The van der Waals surface area contributed by atoms with Gasteiger partial charge in [0, 0.05) is 16.3 Å². The van der Waals surface area contributed by atoms with Crippen LogP contribution in [0.15, 0.2) is 11.4 Å². The molecule has 0 spiro atoms. The molecule has 14 heavy (non-hydrogen) atoms. The summed E-state index contributed by atoms with van der Waals surface area (Å²) >= 11 is 1.97. The van der Waals surface area contributed by atoms with Gasteiger partial charge in [0.1, 0.15) is 0 Å². The van der Waals surface area contributed by atoms with E-state index in [4.69, 9.17) is 0 Å². The number of hydrogen-bond donors (Lipinski definition) is 1. The summed E-state index contributed by atoms with van der Waals surface area (Å²) in [4.78, 5) is 1.67. The third-order valence-electron chi connectivity index (χ3n) is 4.36. The van der Waals surface area contributed by atoms with E-state index < -0.39 is 0 Å². The Bertz CT molecular complexity index is 357. The normalized spacial score (nSPS) is 40.7. The minimum atomic E-state index is 0.456. The van der Waals surface area contributed by atoms with Crippen molar-refractivity contribution in [3.63, 3.8) is 0 Å². The highest BCUT2D eigenvalue weighted by atomic mass is 32.1. The van der Waals surface area contributed by atoms with Crippen LogP contribution in [0.4, 0.5) is 0 Å². The number of piperidine rings is 1. The molecule has 2 heteroatoms. The Morgan fingerprint density at radius 3 is 3.29 bits per heavy atom. The third-order valence-corrected chi connectivity index (χ3v) is 5.60. The molecule has 2 bridgehead atoms. The molecule has 3 atom stereocenters. The molecule has 0 saturated carbocycles. The van der Waals surface area contributed by atoms with Crippen molar-refractivity contribution < 1.29 is 0 Å². The van der Waals surface area contributed by atoms with Crippen LogP contribution in [0.3, 0.4) is 0 Å². The highest BCUT2D eigenvalue weighted by Gasteiger charge is 2.45. The van der Waals surface area contributed by atoms with Gasteiger partial charge in [-0.2, -0.15) is 0 Å². The van der Waals surface area contributed by atoms with E-state index in [1.54, 1.807) is 10.4 Å². The molecule has 1 nitrogen and oxygen atoms in total. The summed E-state index contributed by atoms with van der Waals surface area (Å²) < 4.78 is 0. The quantitative estimate of drug-likeness (QED) is 0.689. The predicted molar refractivity (Wildman–Crippen MR) is 60.9 cm³/mol. The van der Waals surface area contributed by atoms with Crippen molar-refractivity contribution >= 4 is 11.3 Å². The first-order valence-corrected chi connectivity index (χ1v) is 6.40. The number of nitrogens with one attached hydrogen (secondary N) is 1. The van der Waals surface area contributed by atoms with Crippen molar-refractivity contribution in [2.45, 2.75) is 38.1 Å². The molecule has 1 aliphatic heterocycles. The van der Waals surface area contributed by atoms with Crippen LogP contribution in [-0.2, 0) is 11.8 Å². The van der Waals surface area contributed by atoms with Gasteiger partial charge in [-0.3, -0.25) is 0 Å². The standard InChI is InChI=1S/C12H17NS/c1-8-10-7-9-3-6-14-11(9)12(8,2)4-5-13-10/h3,6,8,10,13H,4-5,7H2,1-2H3/t8-,10+,12+/m0/s1. The Balaban J connectivity index is 2.15. The van der Waals surface area contributed by atoms with E-state index >= 15 is 0 Å². The summed E-state index contributed by atoms with van der Waals surface area (Å²) in [6.45, 7) is 6.07. The molecular weight excluding hydrogens is 190 g/mol. The van der Waals surface area contributed by atoms with Crippen LogP contribution in [0, 0.1) is 5.92 Å². The van der Waals surface area contributed by atoms with Crippen LogP contribution in [-0.4, -0.2) is 12.6 Å². The summed E-state index contributed by atoms with van der Waals surface area (Å²) in [6, 6.07) is 3.04. The Morgan fingerprint density at radius 1 is 1.57 bits per heavy atom. The van der Waals surface area contributed by atoms with Gasteiger partial charge in [-0.25, -0.2) is 0 Å². The lowest BCUT2D eigenvalue weighted by Gasteiger charge is -2.49. The molecule has 2 heterocycles. The Kier molecular flexibility index (Phi) is 1.80. The van der Waals surface area contributed by atoms with Crippen LogP contribution in [0.5, 0.6) is 0 Å². The number of fused-ring (bicyclic) bond motifs is 4. The zero-order valence-electron chi connectivity index (χ0n) is 8.84. The summed E-state index contributed by atoms with van der Waals surface area (Å²) in [5.74, 6) is 0.794. The van der Waals surface area contributed by atoms with Gasteiger partial charge in [-0.1, -0.05) is 13.8 Å². The molecule has 1 N–H and O–H groups in total. The molecule has 0 unspecified atom stereocenters. The third kappa shape index (κ3) is 0.986. The Morgan fingerprint density at radius 2 is 2.43 bits per heavy atom. The molecule has 0 amide bonds. The highest BCUT2D eigenvalue weighted by molar-refractivity contribution is 7.10. The minimum Gasteiger partial charge on any atom is -0.313 e. The van der Waals surface area contributed by atoms with E-state index in [1.807, 2.05) is 11.3 Å². The molecule has 0 radical (unpaired) electrons. The molecular formula is C12H17NS. The fourth-order valence-electron chi connectivity index (χ4n) is 3.17. The maximum atomic E-state index is 3.66. The summed E-state index contributed by atoms with van der Waals surface area (Å²) in [6.07, 6.45) is 2.55. The zero-order chi connectivity index (χ0) is 9.76. The van der Waals surface area contributed by atoms with Gasteiger partial charge < -0.3 is 5.32 Å². The molecule has 1 fully saturated rings. The number of thiophene rings is 1. The minimum absolute atomic E-state index is 0.456. The van der Waals surface area contributed by atoms with Crippen molar-refractivity contribution in [1.82, 2.24) is 5.32 Å². The van der Waals surface area contributed by atoms with E-state index in [-0.39, 0.29) is 0 Å². The summed E-state index contributed by atoms with van der Waals surface area (Å²) in [5.41, 5.74) is 2.06. The molecule has 1 aromatic heterocycles. The van der Waals surface area contributed by atoms with Gasteiger partial charge in [0.25, 0.3) is 0 Å². The Labute approximate surface area is 89.5 Å². The van der Waals surface area contributed by atoms with Crippen LogP contribution >= 0.6 is 11.3 Å². The number of hydrogen-bond acceptors (Lipinski definition) is 2. The average molecular weight is 207 g/mol. The van der Waals surface area contributed by atoms with Crippen LogP contribution < -0.4 is 5.32 Å². The van der Waals surface area contributed by atoms with Crippen molar-refractivity contribution in [3.05, 3.63) is 21.9 Å². The van der Waals surface area contributed by atoms with Crippen molar-refractivity contribution in [2.75, 3.05) is 6.54 Å². The molecule has 2 aliphatic rings. The Hall–Kier alpha value is -0.340. The lowest BCUT2D eigenvalue weighted by atomic mass is 9.63. The largest absolute Gasteiger partial charge is 0.313 e. The van der Waals surface area contributed by atoms with Gasteiger partial charge in [0.15, 0.2) is 0 Å². The van der Waals surface area contributed by atoms with E-state index in [1.165, 1.54) is 19.4 Å². The number of rotatable bonds is 0. The van der Waals surface area contributed by atoms with Crippen molar-refractivity contribution in [1.29, 1.82) is 0 Å². The van der Waals surface area contributed by atoms with Gasteiger partial charge in [0.05, 0.1) is 0 Å². The van der Waals surface area contributed by atoms with E-state index in [0.717, 1.165) is 12.0 Å². The highest BCUT2D eigenvalue weighted by Crippen LogP contribution is 2.47. The zero-order valence-corrected chi connectivity index (χ0v) is 9.66. The summed E-state index contributed by atoms with van der Waals surface area (Å²) in [5, 5.41) is 5.93. The van der Waals surface area contributed by atoms with Crippen LogP contribution in [0.25, 0.3) is 0 Å². The van der Waals surface area contributed by atoms with E-state index in [2.05, 4.69) is 30.6 Å². The molecule has 3 rings (SSSR count). The van der Waals surface area contributed by atoms with Gasteiger partial charge in [-0.05, 0) is 42.3 Å². The first-order chi connectivity index (χ1) is 6.72. The summed E-state index contributed by atoms with van der Waals surface area (Å²) in [7, 11) is 0. The smallest absolute Gasteiger partial charge is 0.0142 e. The molecule has 1 saturated heterocycles. The van der Waals surface area contributed by atoms with Crippen molar-refractivity contribution in [2.24, 2.45) is 5.92 Å². The molecule has 0 aromatic carbocycles. The monoisotopic (exact) mass is 207 g/mol. The lowest BCUT2D eigenvalue weighted by Crippen LogP contribution is -2.55. The molecule has 76 valence electrons. The van der Waals surface area contributed by atoms with Gasteiger partial charge in [-0.15, -0.1) is 11.3 Å². The van der Waals surface area contributed by atoms with Gasteiger partial charge in [0.2, 0.25) is 0 Å². The fourth-order valence-corrected chi connectivity index (χ4v) is 4.40. The van der Waals surface area contributed by atoms with E-state index in [9.17, 15) is 0 Å². The second-order valence-corrected chi connectivity index (χ2v) is 5.91. The predicted octanol–water partition coefficient (Wildman–Crippen LogP) is 2.56. The first kappa shape index (κ1) is 8.93. The maximum absolute atomic E-state index is 3.66. The second-order valence-electron chi connectivity index (χ2n) is 5.00. The van der Waals surface area contributed by atoms with Crippen LogP contribution in [0.1, 0.15) is 30.7 Å².